The molecule has 2 aliphatic carbocycles. The van der Waals surface area contributed by atoms with Crippen molar-refractivity contribution in [1.82, 2.24) is 0 Å². The molecular weight excluding hydrogens is 854 g/mol. The fourth-order valence-electron chi connectivity index (χ4n) is 4.15. The van der Waals surface area contributed by atoms with Crippen molar-refractivity contribution in [3.8, 4) is 0 Å². The number of Topliss-reactive ketones (excluding diaryl/α,β-unsaturated/α-hetero) is 4. The van der Waals surface area contributed by atoms with Gasteiger partial charge in [0.1, 0.15) is 11.4 Å². The zero-order valence-electron chi connectivity index (χ0n) is 22.5. The summed E-state index contributed by atoms with van der Waals surface area (Å²) < 4.78 is 1.89. The molecule has 0 amide bonds. The van der Waals surface area contributed by atoms with Crippen LogP contribution < -0.4 is 10.2 Å². The van der Waals surface area contributed by atoms with Crippen molar-refractivity contribution in [2.24, 2.45) is 20.5 Å². The maximum atomic E-state index is 12.3. The number of benzene rings is 4. The van der Waals surface area contributed by atoms with Gasteiger partial charge in [0.15, 0.2) is 0 Å². The van der Waals surface area contributed by atoms with Gasteiger partial charge in [0.05, 0.1) is 11.4 Å². The topological polar surface area (TPSA) is 164 Å². The van der Waals surface area contributed by atoms with Crippen molar-refractivity contribution in [2.45, 2.75) is 0 Å². The second kappa shape index (κ2) is 14.7. The van der Waals surface area contributed by atoms with Crippen LogP contribution in [0.5, 0.6) is 0 Å². The predicted molar refractivity (Wildman–Crippen MR) is 173 cm³/mol. The molecule has 0 fully saturated rings. The molecule has 1 radical (unpaired) electrons. The van der Waals surface area contributed by atoms with Gasteiger partial charge in [0, 0.05) is 18.3 Å². The van der Waals surface area contributed by atoms with Gasteiger partial charge in [-0.05, 0) is 92.7 Å². The van der Waals surface area contributed by atoms with E-state index in [0.29, 0.717) is 11.4 Å². The number of carbonyl (C=O) groups is 4. The van der Waals surface area contributed by atoms with E-state index in [1.165, 1.54) is 24.3 Å². The van der Waals surface area contributed by atoms with E-state index in [2.05, 4.69) is 65.6 Å². The summed E-state index contributed by atoms with van der Waals surface area (Å²) in [6, 6.07) is 26.6. The quantitative estimate of drug-likeness (QED) is 0.110. The number of ketones is 4. The van der Waals surface area contributed by atoms with E-state index in [9.17, 15) is 29.4 Å². The first-order chi connectivity index (χ1) is 21.2. The fourth-order valence-corrected chi connectivity index (χ4v) is 5.21. The Morgan fingerprint density at radius 1 is 0.444 bits per heavy atom. The Balaban J connectivity index is 0.000000200. The Kier molecular flexibility index (Phi) is 11.0. The van der Waals surface area contributed by atoms with Crippen molar-refractivity contribution in [1.29, 1.82) is 0 Å². The third-order valence-corrected chi connectivity index (χ3v) is 7.59. The zero-order chi connectivity index (χ0) is 31.4. The second-order valence-corrected chi connectivity index (χ2v) is 11.6. The number of azo groups is 2. The minimum atomic E-state index is -0.918. The van der Waals surface area contributed by atoms with Crippen LogP contribution in [-0.2, 0) is 26.7 Å². The molecule has 0 aromatic heterocycles. The summed E-state index contributed by atoms with van der Waals surface area (Å²) in [4.78, 5) is 48.1. The first kappa shape index (κ1) is 33.7. The van der Waals surface area contributed by atoms with Gasteiger partial charge in [0.25, 0.3) is 11.6 Å². The van der Waals surface area contributed by atoms with Crippen LogP contribution in [-0.4, -0.2) is 23.1 Å². The van der Waals surface area contributed by atoms with Crippen molar-refractivity contribution in [3.05, 3.63) is 138 Å². The standard InChI is InChI=1S/2C16H9IN2O3.Cu/c2*17-9-4-3-5-10(8-9)18-19-13-14(20)11-6-1-2-7-12(11)15(21)16(13)22;/h2*1-8,20H;/q;;+2/p-2. The molecule has 4 aromatic carbocycles. The molecule has 0 bridgehead atoms. The molecule has 0 spiro atoms. The summed E-state index contributed by atoms with van der Waals surface area (Å²) in [6.45, 7) is 0. The zero-order valence-corrected chi connectivity index (χ0v) is 27.8. The predicted octanol–water partition coefficient (Wildman–Crippen LogP) is 5.74. The van der Waals surface area contributed by atoms with Crippen molar-refractivity contribution < 1.29 is 46.5 Å². The number of fused-ring (bicyclic) bond motifs is 2. The molecule has 0 N–H and O–H groups in total. The molecule has 45 heavy (non-hydrogen) atoms. The van der Waals surface area contributed by atoms with Crippen molar-refractivity contribution in [2.75, 3.05) is 0 Å². The van der Waals surface area contributed by atoms with Crippen LogP contribution in [0.15, 0.2) is 129 Å². The fraction of sp³-hybridized carbons (Fsp3) is 0. The van der Waals surface area contributed by atoms with E-state index in [0.717, 1.165) is 7.14 Å². The first-order valence-corrected chi connectivity index (χ1v) is 14.9. The molecule has 6 rings (SSSR count). The summed E-state index contributed by atoms with van der Waals surface area (Å²) in [6.07, 6.45) is 0. The molecule has 225 valence electrons. The Morgan fingerprint density at radius 3 is 1.16 bits per heavy atom. The molecule has 0 saturated heterocycles. The second-order valence-electron chi connectivity index (χ2n) is 9.12. The Morgan fingerprint density at radius 2 is 0.800 bits per heavy atom. The SMILES string of the molecule is O=C1C(=O)c2ccccc2C([O-])=C1N=Nc1cccc(I)c1.O=C1C(=O)c2ccccc2C([O-])=C1N=Nc1cccc(I)c1.[Cu+2]. The average Bonchev–Trinajstić information content (AvgIpc) is 3.03. The number of nitrogens with zero attached hydrogens (tertiary/aromatic N) is 4. The first-order valence-electron chi connectivity index (χ1n) is 12.7. The molecule has 2 aliphatic rings. The summed E-state index contributed by atoms with van der Waals surface area (Å²) in [5, 5.41) is 39.8. The van der Waals surface area contributed by atoms with E-state index < -0.39 is 46.0 Å². The van der Waals surface area contributed by atoms with Gasteiger partial charge in [-0.25, -0.2) is 0 Å². The Labute approximate surface area is 293 Å². The van der Waals surface area contributed by atoms with E-state index in [-0.39, 0.29) is 39.3 Å². The Hall–Kier alpha value is -4.18. The molecule has 0 heterocycles. The molecular formula is C32H16CuI2N4O6. The van der Waals surface area contributed by atoms with Crippen LogP contribution >= 0.6 is 45.2 Å². The van der Waals surface area contributed by atoms with Gasteiger partial charge in [0.2, 0.25) is 11.6 Å². The Bertz CT molecular complexity index is 1860. The normalized spacial score (nSPS) is 14.3. The maximum absolute atomic E-state index is 12.3. The van der Waals surface area contributed by atoms with Crippen LogP contribution in [0, 0.1) is 7.14 Å². The third kappa shape index (κ3) is 7.38. The van der Waals surface area contributed by atoms with Crippen molar-refractivity contribution in [3.63, 3.8) is 0 Å². The smallest absolute Gasteiger partial charge is 0.870 e. The van der Waals surface area contributed by atoms with Crippen LogP contribution in [0.25, 0.3) is 11.5 Å². The molecule has 13 heteroatoms. The van der Waals surface area contributed by atoms with E-state index in [4.69, 9.17) is 0 Å². The molecule has 0 saturated carbocycles. The van der Waals surface area contributed by atoms with E-state index >= 15 is 0 Å². The van der Waals surface area contributed by atoms with E-state index in [1.54, 1.807) is 60.7 Å². The van der Waals surface area contributed by atoms with E-state index in [1.807, 2.05) is 12.1 Å². The number of halogens is 2. The van der Waals surface area contributed by atoms with Gasteiger partial charge < -0.3 is 10.2 Å². The maximum Gasteiger partial charge on any atom is 2.00 e. The number of rotatable bonds is 4. The van der Waals surface area contributed by atoms with Crippen molar-refractivity contribution >= 4 is 91.2 Å². The van der Waals surface area contributed by atoms with Crippen LogP contribution in [0.1, 0.15) is 31.8 Å². The largest absolute Gasteiger partial charge is 2.00 e. The number of hydrogen-bond acceptors (Lipinski definition) is 10. The van der Waals surface area contributed by atoms with Crippen LogP contribution in [0.2, 0.25) is 0 Å². The van der Waals surface area contributed by atoms with Gasteiger partial charge in [-0.3, -0.25) is 19.2 Å². The number of carbonyl (C=O) groups excluding carboxylic acids is 4. The minimum absolute atomic E-state index is 0. The summed E-state index contributed by atoms with van der Waals surface area (Å²) in [5.41, 5.74) is 0.728. The minimum Gasteiger partial charge on any atom is -0.870 e. The molecule has 0 aliphatic heterocycles. The van der Waals surface area contributed by atoms with Gasteiger partial charge in [-0.1, -0.05) is 72.2 Å². The van der Waals surface area contributed by atoms with Gasteiger partial charge in [-0.2, -0.15) is 10.2 Å². The number of allylic oxidation sites excluding steroid dienone is 2. The summed E-state index contributed by atoms with van der Waals surface area (Å²) >= 11 is 4.23. The van der Waals surface area contributed by atoms with Crippen LogP contribution in [0.3, 0.4) is 0 Å². The molecule has 4 aromatic rings. The molecule has 0 unspecified atom stereocenters. The van der Waals surface area contributed by atoms with Gasteiger partial charge in [-0.15, -0.1) is 10.2 Å². The number of hydrogen-bond donors (Lipinski definition) is 0. The molecule has 10 nitrogen and oxygen atoms in total. The monoisotopic (exact) mass is 869 g/mol. The summed E-state index contributed by atoms with van der Waals surface area (Å²) in [7, 11) is 0. The molecule has 0 atom stereocenters. The third-order valence-electron chi connectivity index (χ3n) is 6.25. The average molecular weight is 870 g/mol. The summed E-state index contributed by atoms with van der Waals surface area (Å²) in [5.74, 6) is -4.45. The van der Waals surface area contributed by atoms with Gasteiger partial charge >= 0.3 is 17.1 Å². The van der Waals surface area contributed by atoms with Crippen LogP contribution in [0.4, 0.5) is 11.4 Å².